The van der Waals surface area contributed by atoms with Crippen molar-refractivity contribution < 1.29 is 9.90 Å². The second-order valence-electron chi connectivity index (χ2n) is 10.1. The van der Waals surface area contributed by atoms with Crippen LogP contribution >= 0.6 is 0 Å². The number of carbonyl (C=O) groups is 1. The van der Waals surface area contributed by atoms with Gasteiger partial charge in [0, 0.05) is 0 Å². The molecule has 0 heterocycles. The number of aliphatic carboxylic acids is 1. The normalized spacial score (nSPS) is 18.8. The Balaban J connectivity index is 1.34. The summed E-state index contributed by atoms with van der Waals surface area (Å²) in [5.41, 5.74) is 4.94. The highest BCUT2D eigenvalue weighted by Gasteiger charge is 2.49. The smallest absolute Gasteiger partial charge is 0.309 e. The lowest BCUT2D eigenvalue weighted by atomic mass is 9.92. The number of aryl methyl sites for hydroxylation is 2. The summed E-state index contributed by atoms with van der Waals surface area (Å²) in [6.45, 7) is 4.70. The van der Waals surface area contributed by atoms with E-state index in [1.54, 1.807) is 5.56 Å². The van der Waals surface area contributed by atoms with E-state index in [2.05, 4.69) is 32.0 Å². The van der Waals surface area contributed by atoms with E-state index < -0.39 is 5.97 Å². The van der Waals surface area contributed by atoms with Gasteiger partial charge in [0.05, 0.1) is 5.41 Å². The second-order valence-corrected chi connectivity index (χ2v) is 10.1. The predicted molar refractivity (Wildman–Crippen MR) is 117 cm³/mol. The third kappa shape index (κ3) is 6.09. The molecular weight excluding hydrogens is 344 g/mol. The molecule has 1 aromatic carbocycles. The fourth-order valence-corrected chi connectivity index (χ4v) is 4.70. The molecule has 0 unspecified atom stereocenters. The van der Waals surface area contributed by atoms with E-state index in [0.717, 1.165) is 38.5 Å². The first-order chi connectivity index (χ1) is 13.4. The Kier molecular flexibility index (Phi) is 7.23. The van der Waals surface area contributed by atoms with Gasteiger partial charge in [-0.1, -0.05) is 57.2 Å². The molecular formula is C26H40O2. The van der Waals surface area contributed by atoms with E-state index in [-0.39, 0.29) is 5.41 Å². The molecule has 0 radical (unpaired) electrons. The molecule has 2 fully saturated rings. The summed E-state index contributed by atoms with van der Waals surface area (Å²) >= 11 is 0. The van der Waals surface area contributed by atoms with Crippen molar-refractivity contribution in [2.75, 3.05) is 0 Å². The highest BCUT2D eigenvalue weighted by molar-refractivity contribution is 5.77. The van der Waals surface area contributed by atoms with E-state index >= 15 is 0 Å². The number of benzene rings is 1. The number of carboxylic acid groups (broad SMARTS) is 1. The summed E-state index contributed by atoms with van der Waals surface area (Å²) in [6, 6.07) is 6.78. The lowest BCUT2D eigenvalue weighted by molar-refractivity contribution is -0.143. The molecule has 0 aromatic heterocycles. The van der Waals surface area contributed by atoms with Gasteiger partial charge in [-0.2, -0.15) is 0 Å². The number of rotatable bonds is 14. The standard InChI is InChI=1S/C26H40O2/c1-21-11-10-13-22(12-6-5-9-16-26(19-20-26)24(27)28)23(21)14-7-3-4-8-15-25(2)17-18-25/h10-11,13H,3-9,12,14-20H2,1-2H3,(H,27,28). The Morgan fingerprint density at radius 3 is 2.21 bits per heavy atom. The molecule has 3 rings (SSSR count). The number of carboxylic acids is 1. The van der Waals surface area contributed by atoms with Crippen molar-refractivity contribution in [3.63, 3.8) is 0 Å². The van der Waals surface area contributed by atoms with Gasteiger partial charge in [0.25, 0.3) is 0 Å². The Labute approximate surface area is 172 Å². The van der Waals surface area contributed by atoms with Crippen molar-refractivity contribution in [2.24, 2.45) is 10.8 Å². The lowest BCUT2D eigenvalue weighted by Gasteiger charge is -2.14. The van der Waals surface area contributed by atoms with Gasteiger partial charge in [0.2, 0.25) is 0 Å². The summed E-state index contributed by atoms with van der Waals surface area (Å²) < 4.78 is 0. The Bertz CT molecular complexity index is 652. The highest BCUT2D eigenvalue weighted by atomic mass is 16.4. The molecule has 0 saturated heterocycles. The van der Waals surface area contributed by atoms with Crippen LogP contribution in [-0.2, 0) is 17.6 Å². The van der Waals surface area contributed by atoms with E-state index in [1.807, 2.05) is 0 Å². The third-order valence-corrected chi connectivity index (χ3v) is 7.48. The van der Waals surface area contributed by atoms with E-state index in [0.29, 0.717) is 5.41 Å². The molecule has 2 saturated carbocycles. The Hall–Kier alpha value is -1.31. The zero-order chi connectivity index (χ0) is 20.0. The zero-order valence-electron chi connectivity index (χ0n) is 18.2. The van der Waals surface area contributed by atoms with Gasteiger partial charge in [-0.15, -0.1) is 0 Å². The zero-order valence-corrected chi connectivity index (χ0v) is 18.2. The van der Waals surface area contributed by atoms with Crippen LogP contribution in [0.5, 0.6) is 0 Å². The maximum atomic E-state index is 11.3. The predicted octanol–water partition coefficient (Wildman–Crippen LogP) is 7.26. The van der Waals surface area contributed by atoms with Crippen molar-refractivity contribution in [3.05, 3.63) is 34.9 Å². The molecule has 156 valence electrons. The molecule has 2 aliphatic rings. The van der Waals surface area contributed by atoms with Gasteiger partial charge in [-0.3, -0.25) is 4.79 Å². The van der Waals surface area contributed by atoms with Gasteiger partial charge in [0.15, 0.2) is 0 Å². The molecule has 0 aliphatic heterocycles. The van der Waals surface area contributed by atoms with Gasteiger partial charge >= 0.3 is 5.97 Å². The summed E-state index contributed by atoms with van der Waals surface area (Å²) in [5.74, 6) is -0.570. The molecule has 2 nitrogen and oxygen atoms in total. The topological polar surface area (TPSA) is 37.3 Å². The van der Waals surface area contributed by atoms with Gasteiger partial charge in [0.1, 0.15) is 0 Å². The van der Waals surface area contributed by atoms with Crippen LogP contribution in [0.15, 0.2) is 18.2 Å². The van der Waals surface area contributed by atoms with Gasteiger partial charge in [-0.05, 0) is 93.2 Å². The first kappa shape index (κ1) is 21.4. The summed E-state index contributed by atoms with van der Waals surface area (Å²) in [7, 11) is 0. The van der Waals surface area contributed by atoms with Gasteiger partial charge in [-0.25, -0.2) is 0 Å². The number of unbranched alkanes of at least 4 members (excludes halogenated alkanes) is 5. The first-order valence-corrected chi connectivity index (χ1v) is 11.8. The minimum Gasteiger partial charge on any atom is -0.481 e. The molecule has 1 aromatic rings. The SMILES string of the molecule is Cc1cccc(CCCCCC2(C(=O)O)CC2)c1CCCCCCC1(C)CC1. The van der Waals surface area contributed by atoms with Crippen LogP contribution in [0.2, 0.25) is 0 Å². The summed E-state index contributed by atoms with van der Waals surface area (Å²) in [5, 5.41) is 9.28. The fraction of sp³-hybridized carbons (Fsp3) is 0.731. The number of hydrogen-bond acceptors (Lipinski definition) is 1. The second kappa shape index (κ2) is 9.46. The largest absolute Gasteiger partial charge is 0.481 e. The van der Waals surface area contributed by atoms with E-state index in [1.165, 1.54) is 68.9 Å². The first-order valence-electron chi connectivity index (χ1n) is 11.8. The molecule has 28 heavy (non-hydrogen) atoms. The van der Waals surface area contributed by atoms with E-state index in [4.69, 9.17) is 0 Å². The fourth-order valence-electron chi connectivity index (χ4n) is 4.70. The van der Waals surface area contributed by atoms with Crippen molar-refractivity contribution in [1.82, 2.24) is 0 Å². The summed E-state index contributed by atoms with van der Waals surface area (Å²) in [6.07, 6.45) is 18.3. The molecule has 0 atom stereocenters. The van der Waals surface area contributed by atoms with Gasteiger partial charge < -0.3 is 5.11 Å². The Morgan fingerprint density at radius 1 is 0.893 bits per heavy atom. The van der Waals surface area contributed by atoms with Crippen LogP contribution < -0.4 is 0 Å². The minimum absolute atomic E-state index is 0.342. The van der Waals surface area contributed by atoms with Crippen LogP contribution in [0.25, 0.3) is 0 Å². The number of hydrogen-bond donors (Lipinski definition) is 1. The van der Waals surface area contributed by atoms with Crippen LogP contribution in [0, 0.1) is 17.8 Å². The van der Waals surface area contributed by atoms with Crippen LogP contribution in [0.1, 0.15) is 107 Å². The van der Waals surface area contributed by atoms with Crippen LogP contribution in [0.4, 0.5) is 0 Å². The molecule has 0 amide bonds. The van der Waals surface area contributed by atoms with Crippen molar-refractivity contribution in [1.29, 1.82) is 0 Å². The molecule has 2 heteroatoms. The molecule has 0 bridgehead atoms. The quantitative estimate of drug-likeness (QED) is 0.343. The average Bonchev–Trinajstić information content (AvgIpc) is 3.58. The van der Waals surface area contributed by atoms with Crippen molar-refractivity contribution in [3.8, 4) is 0 Å². The van der Waals surface area contributed by atoms with Crippen molar-refractivity contribution >= 4 is 5.97 Å². The maximum Gasteiger partial charge on any atom is 0.309 e. The van der Waals surface area contributed by atoms with E-state index in [9.17, 15) is 9.90 Å². The maximum absolute atomic E-state index is 11.3. The molecule has 1 N–H and O–H groups in total. The average molecular weight is 385 g/mol. The lowest BCUT2D eigenvalue weighted by Crippen LogP contribution is -2.14. The Morgan fingerprint density at radius 2 is 1.54 bits per heavy atom. The van der Waals surface area contributed by atoms with Crippen molar-refractivity contribution in [2.45, 2.75) is 110 Å². The van der Waals surface area contributed by atoms with Crippen LogP contribution in [-0.4, -0.2) is 11.1 Å². The monoisotopic (exact) mass is 384 g/mol. The molecule has 0 spiro atoms. The molecule has 2 aliphatic carbocycles. The highest BCUT2D eigenvalue weighted by Crippen LogP contribution is 2.50. The van der Waals surface area contributed by atoms with Crippen LogP contribution in [0.3, 0.4) is 0 Å². The minimum atomic E-state index is -0.570. The summed E-state index contributed by atoms with van der Waals surface area (Å²) in [4.78, 5) is 11.3. The third-order valence-electron chi connectivity index (χ3n) is 7.48.